The molecule has 72 valence electrons. The molecule has 0 bridgehead atoms. The number of rotatable bonds is 3. The van der Waals surface area contributed by atoms with Gasteiger partial charge in [0, 0.05) is 11.5 Å². The normalized spacial score (nSPS) is 10.1. The van der Waals surface area contributed by atoms with E-state index in [-0.39, 0.29) is 5.82 Å². The molecule has 0 amide bonds. The molecule has 14 heavy (non-hydrogen) atoms. The first-order valence-electron chi connectivity index (χ1n) is 3.86. The highest BCUT2D eigenvalue weighted by Gasteiger charge is 1.96. The molecule has 0 N–H and O–H groups in total. The summed E-state index contributed by atoms with van der Waals surface area (Å²) in [5.74, 6) is -0.294. The highest BCUT2D eigenvalue weighted by molar-refractivity contribution is 9.10. The summed E-state index contributed by atoms with van der Waals surface area (Å²) in [4.78, 5) is 2.60. The van der Waals surface area contributed by atoms with Gasteiger partial charge >= 0.3 is 0 Å². The number of nitrogens with zero attached hydrogens (tertiary/aromatic N) is 3. The van der Waals surface area contributed by atoms with E-state index in [4.69, 9.17) is 5.53 Å². The van der Waals surface area contributed by atoms with Gasteiger partial charge in [0.1, 0.15) is 5.82 Å². The van der Waals surface area contributed by atoms with Crippen molar-refractivity contribution in [1.82, 2.24) is 0 Å². The lowest BCUT2D eigenvalue weighted by atomic mass is 10.2. The standard InChI is InChI=1S/C9H7BrFN3/c10-8-6-7(3-4-9(8)11)2-1-5-13-14-12/h1-4,6H,5H2. The van der Waals surface area contributed by atoms with Crippen molar-refractivity contribution in [1.29, 1.82) is 0 Å². The third-order valence-electron chi connectivity index (χ3n) is 1.50. The van der Waals surface area contributed by atoms with Gasteiger partial charge in [-0.1, -0.05) is 23.3 Å². The maximum absolute atomic E-state index is 12.8. The Morgan fingerprint density at radius 1 is 1.57 bits per heavy atom. The molecule has 3 nitrogen and oxygen atoms in total. The zero-order valence-electron chi connectivity index (χ0n) is 7.19. The SMILES string of the molecule is [N-]=[N+]=NCC=Cc1ccc(F)c(Br)c1. The van der Waals surface area contributed by atoms with E-state index in [1.807, 2.05) is 0 Å². The molecule has 0 fully saturated rings. The van der Waals surface area contributed by atoms with Gasteiger partial charge in [0.25, 0.3) is 0 Å². The van der Waals surface area contributed by atoms with Crippen molar-refractivity contribution in [2.75, 3.05) is 6.54 Å². The van der Waals surface area contributed by atoms with Gasteiger partial charge < -0.3 is 0 Å². The maximum atomic E-state index is 12.8. The summed E-state index contributed by atoms with van der Waals surface area (Å²) in [6.45, 7) is 0.297. The van der Waals surface area contributed by atoms with Crippen LogP contribution in [0.1, 0.15) is 5.56 Å². The van der Waals surface area contributed by atoms with E-state index >= 15 is 0 Å². The van der Waals surface area contributed by atoms with E-state index in [0.717, 1.165) is 5.56 Å². The highest BCUT2D eigenvalue weighted by Crippen LogP contribution is 2.17. The lowest BCUT2D eigenvalue weighted by Gasteiger charge is -1.95. The van der Waals surface area contributed by atoms with Crippen LogP contribution in [0.25, 0.3) is 16.5 Å². The van der Waals surface area contributed by atoms with E-state index in [1.54, 1.807) is 24.3 Å². The predicted octanol–water partition coefficient (Wildman–Crippen LogP) is 3.91. The minimum absolute atomic E-state index is 0.294. The molecule has 0 aliphatic rings. The van der Waals surface area contributed by atoms with E-state index in [0.29, 0.717) is 11.0 Å². The minimum Gasteiger partial charge on any atom is -0.206 e. The molecule has 0 aromatic heterocycles. The monoisotopic (exact) mass is 255 g/mol. The first-order chi connectivity index (χ1) is 6.74. The van der Waals surface area contributed by atoms with E-state index in [2.05, 4.69) is 26.0 Å². The fourth-order valence-corrected chi connectivity index (χ4v) is 1.28. The van der Waals surface area contributed by atoms with Gasteiger partial charge in [-0.3, -0.25) is 0 Å². The van der Waals surface area contributed by atoms with Crippen LogP contribution in [0.5, 0.6) is 0 Å². The first kappa shape index (κ1) is 10.8. The number of hydrogen-bond acceptors (Lipinski definition) is 1. The molecule has 1 rings (SSSR count). The van der Waals surface area contributed by atoms with Crippen molar-refractivity contribution in [2.24, 2.45) is 5.11 Å². The van der Waals surface area contributed by atoms with Crippen molar-refractivity contribution in [2.45, 2.75) is 0 Å². The molecule has 0 heterocycles. The van der Waals surface area contributed by atoms with Crippen LogP contribution in [0.3, 0.4) is 0 Å². The smallest absolute Gasteiger partial charge is 0.137 e. The lowest BCUT2D eigenvalue weighted by molar-refractivity contribution is 0.621. The highest BCUT2D eigenvalue weighted by atomic mass is 79.9. The third-order valence-corrected chi connectivity index (χ3v) is 2.11. The number of azide groups is 1. The summed E-state index contributed by atoms with van der Waals surface area (Å²) in [5, 5.41) is 3.33. The summed E-state index contributed by atoms with van der Waals surface area (Å²) < 4.78 is 13.2. The lowest BCUT2D eigenvalue weighted by Crippen LogP contribution is -1.78. The molecule has 1 aromatic rings. The van der Waals surface area contributed by atoms with Crippen molar-refractivity contribution in [3.8, 4) is 0 Å². The summed E-state index contributed by atoms with van der Waals surface area (Å²) in [6.07, 6.45) is 3.47. The molecule has 0 aliphatic carbocycles. The Labute approximate surface area is 89.0 Å². The van der Waals surface area contributed by atoms with Crippen LogP contribution >= 0.6 is 15.9 Å². The Morgan fingerprint density at radius 2 is 2.36 bits per heavy atom. The third kappa shape index (κ3) is 3.20. The largest absolute Gasteiger partial charge is 0.206 e. The van der Waals surface area contributed by atoms with E-state index in [1.165, 1.54) is 6.07 Å². The Balaban J connectivity index is 2.72. The molecule has 0 atom stereocenters. The average Bonchev–Trinajstić information content (AvgIpc) is 2.18. The molecule has 0 saturated carbocycles. The molecular formula is C9H7BrFN3. The molecule has 1 aromatic carbocycles. The number of halogens is 2. The summed E-state index contributed by atoms with van der Waals surface area (Å²) in [6, 6.07) is 4.67. The van der Waals surface area contributed by atoms with Crippen LogP contribution in [0, 0.1) is 5.82 Å². The molecule has 0 spiro atoms. The molecule has 0 saturated heterocycles. The van der Waals surface area contributed by atoms with Crippen LogP contribution in [0.4, 0.5) is 4.39 Å². The van der Waals surface area contributed by atoms with Crippen LogP contribution < -0.4 is 0 Å². The molecule has 5 heteroatoms. The van der Waals surface area contributed by atoms with Crippen molar-refractivity contribution < 1.29 is 4.39 Å². The minimum atomic E-state index is -0.294. The molecule has 0 radical (unpaired) electrons. The fraction of sp³-hybridized carbons (Fsp3) is 0.111. The first-order valence-corrected chi connectivity index (χ1v) is 4.66. The van der Waals surface area contributed by atoms with Gasteiger partial charge in [0.15, 0.2) is 0 Å². The van der Waals surface area contributed by atoms with Crippen molar-refractivity contribution in [3.05, 3.63) is 50.6 Å². The van der Waals surface area contributed by atoms with Crippen molar-refractivity contribution >= 4 is 22.0 Å². The fourth-order valence-electron chi connectivity index (χ4n) is 0.888. The second-order valence-corrected chi connectivity index (χ2v) is 3.34. The number of hydrogen-bond donors (Lipinski definition) is 0. The molecular weight excluding hydrogens is 249 g/mol. The molecule has 0 unspecified atom stereocenters. The van der Waals surface area contributed by atoms with Crippen LogP contribution in [-0.2, 0) is 0 Å². The zero-order chi connectivity index (χ0) is 10.4. The Hall–Kier alpha value is -1.32. The van der Waals surface area contributed by atoms with Crippen molar-refractivity contribution in [3.63, 3.8) is 0 Å². The number of benzene rings is 1. The Morgan fingerprint density at radius 3 is 3.00 bits per heavy atom. The van der Waals surface area contributed by atoms with E-state index < -0.39 is 0 Å². The van der Waals surface area contributed by atoms with Gasteiger partial charge in [-0.25, -0.2) is 4.39 Å². The Bertz CT molecular complexity index is 397. The second kappa shape index (κ2) is 5.42. The average molecular weight is 256 g/mol. The Kier molecular flexibility index (Phi) is 4.16. The quantitative estimate of drug-likeness (QED) is 0.447. The van der Waals surface area contributed by atoms with Gasteiger partial charge in [-0.05, 0) is 39.2 Å². The van der Waals surface area contributed by atoms with Gasteiger partial charge in [-0.15, -0.1) is 0 Å². The topological polar surface area (TPSA) is 48.8 Å². The van der Waals surface area contributed by atoms with Gasteiger partial charge in [0.05, 0.1) is 4.47 Å². The summed E-state index contributed by atoms with van der Waals surface area (Å²) in [5.41, 5.74) is 8.86. The summed E-state index contributed by atoms with van der Waals surface area (Å²) in [7, 11) is 0. The van der Waals surface area contributed by atoms with Crippen LogP contribution in [-0.4, -0.2) is 6.54 Å². The summed E-state index contributed by atoms with van der Waals surface area (Å²) >= 11 is 3.08. The predicted molar refractivity (Wildman–Crippen MR) is 57.1 cm³/mol. The van der Waals surface area contributed by atoms with E-state index in [9.17, 15) is 4.39 Å². The van der Waals surface area contributed by atoms with Gasteiger partial charge in [-0.2, -0.15) is 0 Å². The second-order valence-electron chi connectivity index (χ2n) is 2.49. The van der Waals surface area contributed by atoms with Crippen LogP contribution in [0.2, 0.25) is 0 Å². The zero-order valence-corrected chi connectivity index (χ0v) is 8.78. The molecule has 0 aliphatic heterocycles. The van der Waals surface area contributed by atoms with Gasteiger partial charge in [0.2, 0.25) is 0 Å². The maximum Gasteiger partial charge on any atom is 0.137 e. The van der Waals surface area contributed by atoms with Crippen LogP contribution in [0.15, 0.2) is 33.9 Å².